The number of methoxy groups -OCH3 is 2. The van der Waals surface area contributed by atoms with E-state index in [-0.39, 0.29) is 71.7 Å². The number of carbonyl (C=O) groups is 5. The third-order valence-electron chi connectivity index (χ3n) is 6.36. The molecule has 2 aliphatic heterocycles. The molecule has 2 heterocycles. The van der Waals surface area contributed by atoms with Crippen molar-refractivity contribution in [3.63, 3.8) is 0 Å². The molecule has 0 aromatic heterocycles. The maximum absolute atomic E-state index is 13.2. The number of carboxylic acids is 2. The van der Waals surface area contributed by atoms with E-state index in [4.69, 9.17) is 29.6 Å². The third kappa shape index (κ3) is 9.19. The van der Waals surface area contributed by atoms with Crippen LogP contribution in [-0.4, -0.2) is 96.4 Å². The van der Waals surface area contributed by atoms with Gasteiger partial charge in [-0.05, 0) is 36.6 Å². The maximum Gasteiger partial charge on any atom is 1.00 e. The smallest absolute Gasteiger partial charge is 0.543 e. The Morgan fingerprint density at radius 3 is 2.42 bits per heavy atom. The summed E-state index contributed by atoms with van der Waals surface area (Å²) in [6.07, 6.45) is 1.20. The van der Waals surface area contributed by atoms with Crippen molar-refractivity contribution in [2.45, 2.75) is 36.4 Å². The van der Waals surface area contributed by atoms with Gasteiger partial charge in [-0.1, -0.05) is 12.1 Å². The zero-order valence-corrected chi connectivity index (χ0v) is 27.8. The fourth-order valence-electron chi connectivity index (χ4n) is 4.24. The Bertz CT molecular complexity index is 1500. The Morgan fingerprint density at radius 2 is 1.89 bits per heavy atom. The number of carbonyl (C=O) groups excluding carboxylic acids is 4. The van der Waals surface area contributed by atoms with E-state index in [1.807, 2.05) is 0 Å². The number of β-lactam (4-membered cyclic amide) rings is 1. The molecule has 1 aromatic carbocycles. The molecule has 5 N–H and O–H groups in total. The number of benzene rings is 1. The van der Waals surface area contributed by atoms with E-state index < -0.39 is 69.6 Å². The molecule has 3 rings (SSSR count). The predicted molar refractivity (Wildman–Crippen MR) is 147 cm³/mol. The van der Waals surface area contributed by atoms with Gasteiger partial charge in [-0.25, -0.2) is 4.79 Å². The van der Waals surface area contributed by atoms with Gasteiger partial charge in [-0.3, -0.25) is 23.8 Å². The molecule has 1 aromatic rings. The molecule has 20 heteroatoms. The van der Waals surface area contributed by atoms with Crippen LogP contribution in [0.5, 0.6) is 5.75 Å². The fourth-order valence-corrected chi connectivity index (χ4v) is 6.01. The summed E-state index contributed by atoms with van der Waals surface area (Å²) in [5, 5.41) is 22.4. The van der Waals surface area contributed by atoms with Crippen molar-refractivity contribution in [3.05, 3.63) is 46.9 Å². The molecule has 0 spiro atoms. The van der Waals surface area contributed by atoms with Crippen molar-refractivity contribution in [2.24, 2.45) is 5.73 Å². The summed E-state index contributed by atoms with van der Waals surface area (Å²) in [6.45, 7) is -0.566. The van der Waals surface area contributed by atoms with Gasteiger partial charge in [0.2, 0.25) is 11.7 Å². The molecular weight excluding hydrogens is 653 g/mol. The minimum absolute atomic E-state index is 0. The first-order valence-corrected chi connectivity index (χ1v) is 15.0. The van der Waals surface area contributed by atoms with Gasteiger partial charge in [0.15, 0.2) is 0 Å². The van der Waals surface area contributed by atoms with Gasteiger partial charge >= 0.3 is 51.9 Å². The number of fused-ring (bicyclic) bond motifs is 1. The Morgan fingerprint density at radius 1 is 1.24 bits per heavy atom. The van der Waals surface area contributed by atoms with Crippen LogP contribution in [0.15, 0.2) is 41.3 Å². The largest absolute Gasteiger partial charge is 1.00 e. The average Bonchev–Trinajstić information content (AvgIpc) is 2.96. The van der Waals surface area contributed by atoms with Crippen molar-refractivity contribution in [3.8, 4) is 5.75 Å². The van der Waals surface area contributed by atoms with Crippen molar-refractivity contribution in [2.75, 3.05) is 26.6 Å². The number of hydrogen-bond donors (Lipinski definition) is 4. The van der Waals surface area contributed by atoms with E-state index in [0.717, 1.165) is 23.8 Å². The molecule has 1 saturated heterocycles. The third-order valence-corrected chi connectivity index (χ3v) is 8.14. The Labute approximate surface area is 283 Å². The monoisotopic (exact) mass is 681 g/mol. The number of ether oxygens (including phenoxy) is 3. The Balaban J connectivity index is 0.00000705. The van der Waals surface area contributed by atoms with Crippen molar-refractivity contribution in [1.82, 2.24) is 10.2 Å². The number of rotatable bonds is 15. The van der Waals surface area contributed by atoms with Crippen LogP contribution in [0.4, 0.5) is 0 Å². The molecule has 17 nitrogen and oxygen atoms in total. The predicted octanol–water partition coefficient (Wildman–Crippen LogP) is -4.64. The van der Waals surface area contributed by atoms with Gasteiger partial charge in [-0.15, -0.1) is 11.8 Å². The number of hydrogen-bond acceptors (Lipinski definition) is 14. The second kappa shape index (κ2) is 15.9. The number of carboxylic acid groups (broad SMARTS) is 2. The topological polar surface area (TPSA) is 261 Å². The molecule has 0 radical (unpaired) electrons. The average molecular weight is 682 g/mol. The second-order valence-electron chi connectivity index (χ2n) is 9.27. The van der Waals surface area contributed by atoms with E-state index in [2.05, 4.69) is 9.50 Å². The van der Waals surface area contributed by atoms with Crippen LogP contribution in [-0.2, 0) is 48.6 Å². The van der Waals surface area contributed by atoms with E-state index in [9.17, 15) is 37.5 Å². The molecule has 0 bridgehead atoms. The number of aliphatic carboxylic acids is 2. The number of thioether (sulfide) groups is 1. The fraction of sp³-hybridized carbons (Fsp3) is 0.400. The summed E-state index contributed by atoms with van der Waals surface area (Å²) in [6, 6.07) is 3.94. The summed E-state index contributed by atoms with van der Waals surface area (Å²) in [7, 11) is -2.39. The van der Waals surface area contributed by atoms with E-state index in [1.54, 1.807) is 0 Å². The number of nitrogens with one attached hydrogen (secondary N) is 1. The second-order valence-corrected chi connectivity index (χ2v) is 11.4. The molecule has 45 heavy (non-hydrogen) atoms. The number of nitrogens with two attached hydrogens (primary N) is 1. The minimum atomic E-state index is -4.73. The quantitative estimate of drug-likeness (QED) is 0.0258. The van der Waals surface area contributed by atoms with Crippen LogP contribution in [0.3, 0.4) is 0 Å². The zero-order chi connectivity index (χ0) is 32.8. The summed E-state index contributed by atoms with van der Waals surface area (Å²) in [4.78, 5) is 62.2. The molecule has 240 valence electrons. The van der Waals surface area contributed by atoms with Crippen LogP contribution < -0.4 is 49.9 Å². The number of amides is 2. The molecule has 2 amide bonds. The molecule has 1 unspecified atom stereocenters. The van der Waals surface area contributed by atoms with E-state index in [0.29, 0.717) is 5.56 Å². The molecule has 1 fully saturated rings. The van der Waals surface area contributed by atoms with Gasteiger partial charge in [0.1, 0.15) is 23.8 Å². The first kappa shape index (κ1) is 38.0. The summed E-state index contributed by atoms with van der Waals surface area (Å²) >= 11 is 1.03. The molecule has 3 atom stereocenters. The first-order chi connectivity index (χ1) is 20.6. The van der Waals surface area contributed by atoms with Crippen LogP contribution in [0.2, 0.25) is 0 Å². The minimum Gasteiger partial charge on any atom is -0.543 e. The molecule has 0 aliphatic carbocycles. The standard InChI is InChI=1S/C25H29N3O14S2.Na/c1-39-17(10-13-6-8-15(9-7-13)42-44(36,37)38)22(34)41-11-14-12-43-24-25(40-2,23(35)28(24)19(14)21(32)33)27-18(29)5-3-4-16(26)20(30)31;/h6-10,16,24H,3-5,11-12,26H2,1-2H3,(H,27,29)(H,30,31)(H,32,33)(H,36,37,38);/q;+1/p-1/b17-10-;/t16?,24-,25+;/m1./s1. The zero-order valence-electron chi connectivity index (χ0n) is 24.2. The van der Waals surface area contributed by atoms with Gasteiger partial charge in [-0.2, -0.15) is 8.42 Å². The Hall–Kier alpha value is -3.17. The summed E-state index contributed by atoms with van der Waals surface area (Å²) < 4.78 is 50.3. The number of nitrogens with zero attached hydrogens (tertiary/aromatic N) is 1. The van der Waals surface area contributed by atoms with Crippen molar-refractivity contribution >= 4 is 58.0 Å². The van der Waals surface area contributed by atoms with Crippen LogP contribution in [0.25, 0.3) is 6.08 Å². The van der Waals surface area contributed by atoms with Gasteiger partial charge < -0.3 is 44.5 Å². The van der Waals surface area contributed by atoms with Crippen molar-refractivity contribution < 1.29 is 95.1 Å². The van der Waals surface area contributed by atoms with Crippen LogP contribution in [0.1, 0.15) is 24.8 Å². The van der Waals surface area contributed by atoms with Crippen LogP contribution >= 0.6 is 11.8 Å². The molecule has 0 saturated carbocycles. The Kier molecular flexibility index (Phi) is 13.4. The SMILES string of the molecule is CO/C(=C\c1ccc(OS(=O)(=O)O)cc1)C(=O)OCC1=C(C(=O)[O-])N2C(=O)[C@](NC(=O)CCCC(N)C(=O)O)(OC)[C@H]2SC1.[Na+]. The summed E-state index contributed by atoms with van der Waals surface area (Å²) in [5.41, 5.74) is 3.35. The number of esters is 1. The van der Waals surface area contributed by atoms with Crippen molar-refractivity contribution in [1.29, 1.82) is 0 Å². The first-order valence-electron chi connectivity index (χ1n) is 12.6. The van der Waals surface area contributed by atoms with Gasteiger partial charge in [0.05, 0.1) is 18.8 Å². The summed E-state index contributed by atoms with van der Waals surface area (Å²) in [5.74, 6) is -6.06. The van der Waals surface area contributed by atoms with Gasteiger partial charge in [0, 0.05) is 24.9 Å². The van der Waals surface area contributed by atoms with Crippen LogP contribution in [0, 0.1) is 0 Å². The van der Waals surface area contributed by atoms with E-state index >= 15 is 0 Å². The van der Waals surface area contributed by atoms with E-state index in [1.165, 1.54) is 37.5 Å². The molecule has 2 aliphatic rings. The van der Waals surface area contributed by atoms with Gasteiger partial charge in [0.25, 0.3) is 11.6 Å². The maximum atomic E-state index is 13.2. The molecular formula is C25H28N3NaO14S2. The normalized spacial score (nSPS) is 20.2.